The first kappa shape index (κ1) is 14.8. The molecule has 0 spiro atoms. The second kappa shape index (κ2) is 5.71. The number of hydrogen-bond acceptors (Lipinski definition) is 4. The van der Waals surface area contributed by atoms with Gasteiger partial charge in [0.15, 0.2) is 11.5 Å². The Morgan fingerprint density at radius 2 is 1.96 bits per heavy atom. The number of fused-ring (bicyclic) bond motifs is 3. The van der Waals surface area contributed by atoms with Crippen LogP contribution < -0.4 is 14.8 Å². The maximum absolute atomic E-state index is 12.6. The summed E-state index contributed by atoms with van der Waals surface area (Å²) < 4.78 is 11.7. The van der Waals surface area contributed by atoms with Crippen molar-refractivity contribution in [2.75, 3.05) is 19.6 Å². The smallest absolute Gasteiger partial charge is 0.251 e. The summed E-state index contributed by atoms with van der Waals surface area (Å²) in [4.78, 5) is 15.0. The van der Waals surface area contributed by atoms with Gasteiger partial charge in [0, 0.05) is 24.7 Å². The minimum absolute atomic E-state index is 0.0115. The first-order chi connectivity index (χ1) is 11.1. The van der Waals surface area contributed by atoms with Crippen molar-refractivity contribution in [3.8, 4) is 11.5 Å². The Hall–Kier alpha value is -1.75. The Morgan fingerprint density at radius 1 is 1.17 bits per heavy atom. The van der Waals surface area contributed by atoms with E-state index in [-0.39, 0.29) is 24.2 Å². The first-order valence-electron chi connectivity index (χ1n) is 8.59. The highest BCUT2D eigenvalue weighted by molar-refractivity contribution is 5.95. The lowest BCUT2D eigenvalue weighted by Gasteiger charge is -2.31. The van der Waals surface area contributed by atoms with E-state index in [9.17, 15) is 4.79 Å². The van der Waals surface area contributed by atoms with Crippen LogP contribution in [0, 0.1) is 5.92 Å². The lowest BCUT2D eigenvalue weighted by atomic mass is 9.96. The number of hydrogen-bond donors (Lipinski definition) is 1. The van der Waals surface area contributed by atoms with Crippen molar-refractivity contribution < 1.29 is 14.3 Å². The molecule has 3 aliphatic rings. The maximum atomic E-state index is 12.6. The molecule has 124 valence electrons. The van der Waals surface area contributed by atoms with Crippen molar-refractivity contribution >= 4 is 5.91 Å². The number of rotatable bonds is 2. The molecule has 0 radical (unpaired) electrons. The van der Waals surface area contributed by atoms with Gasteiger partial charge in [-0.1, -0.05) is 0 Å². The van der Waals surface area contributed by atoms with Crippen LogP contribution in [0.5, 0.6) is 11.5 Å². The number of ether oxygens (including phenoxy) is 2. The van der Waals surface area contributed by atoms with Gasteiger partial charge in [-0.05, 0) is 57.4 Å². The molecule has 5 heteroatoms. The highest BCUT2D eigenvalue weighted by Crippen LogP contribution is 2.35. The summed E-state index contributed by atoms with van der Waals surface area (Å²) in [6.45, 7) is 7.32. The Morgan fingerprint density at radius 3 is 2.74 bits per heavy atom. The number of benzene rings is 1. The molecule has 0 aliphatic carbocycles. The lowest BCUT2D eigenvalue weighted by Crippen LogP contribution is -2.47. The summed E-state index contributed by atoms with van der Waals surface area (Å²) in [7, 11) is 0. The van der Waals surface area contributed by atoms with Crippen molar-refractivity contribution in [2.24, 2.45) is 5.92 Å². The van der Waals surface area contributed by atoms with E-state index in [1.54, 1.807) is 6.07 Å². The minimum Gasteiger partial charge on any atom is -0.483 e. The van der Waals surface area contributed by atoms with Gasteiger partial charge < -0.3 is 19.7 Å². The van der Waals surface area contributed by atoms with Crippen LogP contribution in [0.25, 0.3) is 0 Å². The van der Waals surface area contributed by atoms with Crippen LogP contribution >= 0.6 is 0 Å². The van der Waals surface area contributed by atoms with E-state index in [1.165, 1.54) is 19.5 Å². The molecule has 2 bridgehead atoms. The van der Waals surface area contributed by atoms with Crippen LogP contribution in [0.3, 0.4) is 0 Å². The molecule has 1 amide bonds. The van der Waals surface area contributed by atoms with Gasteiger partial charge in [0.05, 0.1) is 0 Å². The van der Waals surface area contributed by atoms with Gasteiger partial charge in [0.2, 0.25) is 0 Å². The number of amides is 1. The minimum atomic E-state index is -0.0184. The second-order valence-electron chi connectivity index (χ2n) is 7.13. The number of piperidine rings is 1. The van der Waals surface area contributed by atoms with Gasteiger partial charge in [0.25, 0.3) is 5.91 Å². The van der Waals surface area contributed by atoms with E-state index >= 15 is 0 Å². The molecule has 1 aromatic rings. The molecule has 5 atom stereocenters. The third-order valence-electron chi connectivity index (χ3n) is 5.29. The van der Waals surface area contributed by atoms with Gasteiger partial charge >= 0.3 is 0 Å². The third-order valence-corrected chi connectivity index (χ3v) is 5.29. The second-order valence-corrected chi connectivity index (χ2v) is 7.13. The van der Waals surface area contributed by atoms with Gasteiger partial charge in [-0.15, -0.1) is 0 Å². The zero-order valence-electron chi connectivity index (χ0n) is 13.7. The van der Waals surface area contributed by atoms with Gasteiger partial charge in [-0.25, -0.2) is 0 Å². The fraction of sp³-hybridized carbons (Fsp3) is 0.611. The van der Waals surface area contributed by atoms with Crippen LogP contribution in [0.15, 0.2) is 18.2 Å². The van der Waals surface area contributed by atoms with Crippen LogP contribution in [-0.2, 0) is 0 Å². The summed E-state index contributed by atoms with van der Waals surface area (Å²) in [5, 5.41) is 3.19. The SMILES string of the molecule is C[C@H]1Oc2ccc(C(=O)N[C@@H]3C[C@H]4CCN(C4)C3)cc2O[C@@H]1C. The zero-order valence-corrected chi connectivity index (χ0v) is 13.7. The van der Waals surface area contributed by atoms with Crippen molar-refractivity contribution in [2.45, 2.75) is 44.9 Å². The molecule has 2 fully saturated rings. The van der Waals surface area contributed by atoms with E-state index in [1.807, 2.05) is 26.0 Å². The molecule has 3 aliphatic heterocycles. The molecule has 1 unspecified atom stereocenters. The van der Waals surface area contributed by atoms with Gasteiger partial charge in [-0.3, -0.25) is 4.79 Å². The summed E-state index contributed by atoms with van der Waals surface area (Å²) in [5.74, 6) is 2.11. The quantitative estimate of drug-likeness (QED) is 0.907. The van der Waals surface area contributed by atoms with Crippen LogP contribution in [0.4, 0.5) is 0 Å². The number of nitrogens with one attached hydrogen (secondary N) is 1. The molecular formula is C18H24N2O3. The largest absolute Gasteiger partial charge is 0.483 e. The molecule has 1 aromatic carbocycles. The Kier molecular flexibility index (Phi) is 3.68. The first-order valence-corrected chi connectivity index (χ1v) is 8.59. The maximum Gasteiger partial charge on any atom is 0.251 e. The third kappa shape index (κ3) is 2.90. The molecule has 5 nitrogen and oxygen atoms in total. The molecule has 1 N–H and O–H groups in total. The van der Waals surface area contributed by atoms with E-state index in [0.717, 1.165) is 18.9 Å². The van der Waals surface area contributed by atoms with Crippen LogP contribution in [0.1, 0.15) is 37.0 Å². The Labute approximate surface area is 136 Å². The monoisotopic (exact) mass is 316 g/mol. The van der Waals surface area contributed by atoms with Crippen LogP contribution in [-0.4, -0.2) is 48.7 Å². The number of nitrogens with zero attached hydrogens (tertiary/aromatic N) is 1. The topological polar surface area (TPSA) is 50.8 Å². The standard InChI is InChI=1S/C18H24N2O3/c1-11-12(2)23-17-8-14(3-4-16(17)22-11)18(21)19-15-7-13-5-6-20(9-13)10-15/h3-4,8,11-13,15H,5-7,9-10H2,1-2H3,(H,19,21)/t11-,12-,13-,15-/m1/s1. The van der Waals surface area contributed by atoms with E-state index in [4.69, 9.17) is 9.47 Å². The van der Waals surface area contributed by atoms with E-state index in [0.29, 0.717) is 17.1 Å². The normalized spacial score (nSPS) is 35.0. The predicted octanol–water partition coefficient (Wildman–Crippen LogP) is 2.06. The average molecular weight is 316 g/mol. The fourth-order valence-electron chi connectivity index (χ4n) is 3.86. The van der Waals surface area contributed by atoms with Gasteiger partial charge in [0.1, 0.15) is 12.2 Å². The lowest BCUT2D eigenvalue weighted by molar-refractivity contribution is 0.0428. The average Bonchev–Trinajstić information content (AvgIpc) is 2.87. The van der Waals surface area contributed by atoms with Gasteiger partial charge in [-0.2, -0.15) is 0 Å². The molecule has 23 heavy (non-hydrogen) atoms. The summed E-state index contributed by atoms with van der Waals surface area (Å²) in [6.07, 6.45) is 2.38. The number of carbonyl (C=O) groups excluding carboxylic acids is 1. The summed E-state index contributed by atoms with van der Waals surface area (Å²) in [6, 6.07) is 5.71. The van der Waals surface area contributed by atoms with E-state index < -0.39 is 0 Å². The Balaban J connectivity index is 1.45. The van der Waals surface area contributed by atoms with Crippen LogP contribution in [0.2, 0.25) is 0 Å². The summed E-state index contributed by atoms with van der Waals surface area (Å²) >= 11 is 0. The van der Waals surface area contributed by atoms with Crippen molar-refractivity contribution in [3.63, 3.8) is 0 Å². The molecule has 0 aromatic heterocycles. The van der Waals surface area contributed by atoms with E-state index in [2.05, 4.69) is 10.2 Å². The zero-order chi connectivity index (χ0) is 16.0. The van der Waals surface area contributed by atoms with Crippen molar-refractivity contribution in [3.05, 3.63) is 23.8 Å². The molecular weight excluding hydrogens is 292 g/mol. The molecule has 3 heterocycles. The van der Waals surface area contributed by atoms with Crippen molar-refractivity contribution in [1.82, 2.24) is 10.2 Å². The predicted molar refractivity (Wildman–Crippen MR) is 87.0 cm³/mol. The molecule has 0 saturated carbocycles. The van der Waals surface area contributed by atoms with Crippen molar-refractivity contribution in [1.29, 1.82) is 0 Å². The highest BCUT2D eigenvalue weighted by Gasteiger charge is 2.33. The molecule has 2 saturated heterocycles. The number of carbonyl (C=O) groups is 1. The molecule has 4 rings (SSSR count). The highest BCUT2D eigenvalue weighted by atomic mass is 16.6. The Bertz CT molecular complexity index is 606. The fourth-order valence-corrected chi connectivity index (χ4v) is 3.86. The summed E-state index contributed by atoms with van der Waals surface area (Å²) in [5.41, 5.74) is 0.641.